The van der Waals surface area contributed by atoms with E-state index in [4.69, 9.17) is 0 Å². The number of guanidine groups is 1. The molecule has 0 spiro atoms. The summed E-state index contributed by atoms with van der Waals surface area (Å²) in [7, 11) is 1.82. The second-order valence-electron chi connectivity index (χ2n) is 5.78. The molecule has 1 saturated heterocycles. The Morgan fingerprint density at radius 3 is 2.71 bits per heavy atom. The van der Waals surface area contributed by atoms with Gasteiger partial charge in [0.15, 0.2) is 5.96 Å². The van der Waals surface area contributed by atoms with Crippen molar-refractivity contribution >= 4 is 22.3 Å². The van der Waals surface area contributed by atoms with E-state index < -0.39 is 0 Å². The van der Waals surface area contributed by atoms with E-state index in [9.17, 15) is 4.39 Å². The van der Waals surface area contributed by atoms with Gasteiger partial charge in [0, 0.05) is 39.8 Å². The number of piperazine rings is 1. The molecule has 6 heteroatoms. The van der Waals surface area contributed by atoms with Crippen molar-refractivity contribution in [2.75, 3.05) is 44.7 Å². The van der Waals surface area contributed by atoms with Gasteiger partial charge in [-0.3, -0.25) is 4.99 Å². The van der Waals surface area contributed by atoms with Gasteiger partial charge in [0.25, 0.3) is 0 Å². The molecule has 1 aromatic carbocycles. The van der Waals surface area contributed by atoms with Crippen molar-refractivity contribution in [3.05, 3.63) is 53.2 Å². The number of nitrogens with zero attached hydrogens (tertiary/aromatic N) is 3. The number of rotatable bonds is 4. The zero-order chi connectivity index (χ0) is 16.8. The van der Waals surface area contributed by atoms with Crippen LogP contribution in [0.25, 0.3) is 0 Å². The Balaban J connectivity index is 1.47. The molecule has 1 N–H and O–H groups in total. The fraction of sp³-hybridized carbons (Fsp3) is 0.389. The van der Waals surface area contributed by atoms with Crippen LogP contribution in [0.2, 0.25) is 0 Å². The van der Waals surface area contributed by atoms with Crippen molar-refractivity contribution in [1.82, 2.24) is 10.2 Å². The van der Waals surface area contributed by atoms with E-state index in [0.29, 0.717) is 0 Å². The average molecular weight is 346 g/mol. The molecule has 1 aliphatic heterocycles. The van der Waals surface area contributed by atoms with Crippen LogP contribution in [0.1, 0.15) is 5.56 Å². The molecule has 0 bridgehead atoms. The minimum absolute atomic E-state index is 0.179. The van der Waals surface area contributed by atoms with E-state index in [1.54, 1.807) is 23.5 Å². The molecule has 4 nitrogen and oxygen atoms in total. The molecule has 2 heterocycles. The van der Waals surface area contributed by atoms with Gasteiger partial charge in [-0.1, -0.05) is 12.1 Å². The Morgan fingerprint density at radius 1 is 1.21 bits per heavy atom. The maximum atomic E-state index is 13.2. The number of benzene rings is 1. The van der Waals surface area contributed by atoms with Gasteiger partial charge in [-0.05, 0) is 41.6 Å². The number of hydrogen-bond donors (Lipinski definition) is 1. The third kappa shape index (κ3) is 4.26. The summed E-state index contributed by atoms with van der Waals surface area (Å²) in [5, 5.41) is 6.85. The minimum atomic E-state index is -0.179. The standard InChI is InChI=1S/C18H23FN4S/c1-20-18(21-8-7-15-4-2-5-16(19)14-15)23-11-9-22(10-12-23)17-6-3-13-24-17/h2-6,13-14H,7-12H2,1H3,(H,20,21). The van der Waals surface area contributed by atoms with Gasteiger partial charge in [0.1, 0.15) is 5.82 Å². The molecule has 0 atom stereocenters. The van der Waals surface area contributed by atoms with E-state index in [1.165, 1.54) is 11.1 Å². The van der Waals surface area contributed by atoms with Crippen LogP contribution >= 0.6 is 11.3 Å². The van der Waals surface area contributed by atoms with Crippen molar-refractivity contribution < 1.29 is 4.39 Å². The lowest BCUT2D eigenvalue weighted by Crippen LogP contribution is -2.52. The Labute approximate surface area is 146 Å². The minimum Gasteiger partial charge on any atom is -0.360 e. The summed E-state index contributed by atoms with van der Waals surface area (Å²) in [4.78, 5) is 9.09. The van der Waals surface area contributed by atoms with Crippen LogP contribution < -0.4 is 10.2 Å². The average Bonchev–Trinajstić information content (AvgIpc) is 3.14. The molecule has 1 fully saturated rings. The maximum Gasteiger partial charge on any atom is 0.193 e. The molecule has 0 aliphatic carbocycles. The summed E-state index contributed by atoms with van der Waals surface area (Å²) in [6.45, 7) is 4.67. The number of nitrogens with one attached hydrogen (secondary N) is 1. The number of hydrogen-bond acceptors (Lipinski definition) is 3. The van der Waals surface area contributed by atoms with E-state index in [-0.39, 0.29) is 5.82 Å². The van der Waals surface area contributed by atoms with E-state index in [0.717, 1.165) is 50.7 Å². The number of anilines is 1. The fourth-order valence-electron chi connectivity index (χ4n) is 2.93. The van der Waals surface area contributed by atoms with Gasteiger partial charge < -0.3 is 15.1 Å². The largest absolute Gasteiger partial charge is 0.360 e. The third-order valence-corrected chi connectivity index (χ3v) is 5.12. The van der Waals surface area contributed by atoms with Crippen molar-refractivity contribution in [2.24, 2.45) is 4.99 Å². The second kappa shape index (κ2) is 8.15. The topological polar surface area (TPSA) is 30.9 Å². The lowest BCUT2D eigenvalue weighted by molar-refractivity contribution is 0.374. The normalized spacial score (nSPS) is 15.7. The predicted octanol–water partition coefficient (Wildman–Crippen LogP) is 2.83. The van der Waals surface area contributed by atoms with Crippen molar-refractivity contribution in [1.29, 1.82) is 0 Å². The molecular formula is C18H23FN4S. The molecular weight excluding hydrogens is 323 g/mol. The Hall–Kier alpha value is -2.08. The molecule has 24 heavy (non-hydrogen) atoms. The SMILES string of the molecule is CN=C(NCCc1cccc(F)c1)N1CCN(c2cccs2)CC1. The highest BCUT2D eigenvalue weighted by atomic mass is 32.1. The predicted molar refractivity (Wildman–Crippen MR) is 99.6 cm³/mol. The van der Waals surface area contributed by atoms with E-state index in [1.807, 2.05) is 13.1 Å². The lowest BCUT2D eigenvalue weighted by Gasteiger charge is -2.37. The number of halogens is 1. The first-order valence-electron chi connectivity index (χ1n) is 8.25. The molecule has 128 valence electrons. The van der Waals surface area contributed by atoms with Gasteiger partial charge >= 0.3 is 0 Å². The van der Waals surface area contributed by atoms with Gasteiger partial charge in [0.05, 0.1) is 5.00 Å². The van der Waals surface area contributed by atoms with Crippen LogP contribution in [0, 0.1) is 5.82 Å². The van der Waals surface area contributed by atoms with Gasteiger partial charge in [0.2, 0.25) is 0 Å². The van der Waals surface area contributed by atoms with Crippen LogP contribution in [-0.2, 0) is 6.42 Å². The van der Waals surface area contributed by atoms with Gasteiger partial charge in [-0.25, -0.2) is 4.39 Å². The molecule has 1 aliphatic rings. The molecule has 2 aromatic rings. The highest BCUT2D eigenvalue weighted by Gasteiger charge is 2.20. The van der Waals surface area contributed by atoms with Crippen molar-refractivity contribution in [3.8, 4) is 0 Å². The smallest absolute Gasteiger partial charge is 0.193 e. The fourth-order valence-corrected chi connectivity index (χ4v) is 3.72. The van der Waals surface area contributed by atoms with Crippen molar-refractivity contribution in [2.45, 2.75) is 6.42 Å². The highest BCUT2D eigenvalue weighted by molar-refractivity contribution is 7.14. The van der Waals surface area contributed by atoms with E-state index >= 15 is 0 Å². The van der Waals surface area contributed by atoms with E-state index in [2.05, 4.69) is 37.6 Å². The summed E-state index contributed by atoms with van der Waals surface area (Å²) < 4.78 is 13.2. The zero-order valence-electron chi connectivity index (χ0n) is 13.9. The summed E-state index contributed by atoms with van der Waals surface area (Å²) in [6.07, 6.45) is 0.784. The van der Waals surface area contributed by atoms with Crippen LogP contribution in [0.5, 0.6) is 0 Å². The second-order valence-corrected chi connectivity index (χ2v) is 6.71. The highest BCUT2D eigenvalue weighted by Crippen LogP contribution is 2.22. The van der Waals surface area contributed by atoms with Crippen LogP contribution in [-0.4, -0.2) is 50.6 Å². The molecule has 0 radical (unpaired) electrons. The van der Waals surface area contributed by atoms with Gasteiger partial charge in [-0.2, -0.15) is 0 Å². The van der Waals surface area contributed by atoms with Crippen molar-refractivity contribution in [3.63, 3.8) is 0 Å². The third-order valence-electron chi connectivity index (χ3n) is 4.19. The van der Waals surface area contributed by atoms with Crippen LogP contribution in [0.3, 0.4) is 0 Å². The Kier molecular flexibility index (Phi) is 5.69. The number of thiophene rings is 1. The maximum absolute atomic E-state index is 13.2. The lowest BCUT2D eigenvalue weighted by atomic mass is 10.1. The molecule has 1 aromatic heterocycles. The summed E-state index contributed by atoms with van der Waals surface area (Å²) in [5.74, 6) is 0.749. The van der Waals surface area contributed by atoms with Crippen LogP contribution in [0.15, 0.2) is 46.8 Å². The summed E-state index contributed by atoms with van der Waals surface area (Å²) in [5.41, 5.74) is 1.00. The summed E-state index contributed by atoms with van der Waals surface area (Å²) >= 11 is 1.79. The molecule has 0 amide bonds. The first-order chi connectivity index (χ1) is 11.8. The zero-order valence-corrected chi connectivity index (χ0v) is 14.7. The molecule has 0 saturated carbocycles. The monoisotopic (exact) mass is 346 g/mol. The molecule has 0 unspecified atom stereocenters. The Bertz CT molecular complexity index is 663. The first-order valence-corrected chi connectivity index (χ1v) is 9.13. The van der Waals surface area contributed by atoms with Gasteiger partial charge in [-0.15, -0.1) is 11.3 Å². The number of aliphatic imine (C=N–C) groups is 1. The summed E-state index contributed by atoms with van der Waals surface area (Å²) in [6, 6.07) is 11.0. The molecule has 3 rings (SSSR count). The first kappa shape index (κ1) is 16.8. The Morgan fingerprint density at radius 2 is 2.04 bits per heavy atom. The quantitative estimate of drug-likeness (QED) is 0.682. The van der Waals surface area contributed by atoms with Crippen LogP contribution in [0.4, 0.5) is 9.39 Å².